The molecule has 2 N–H and O–H groups in total. The average Bonchev–Trinajstić information content (AvgIpc) is 3.19. The summed E-state index contributed by atoms with van der Waals surface area (Å²) in [5.41, 5.74) is 4.24. The number of rotatable bonds is 5. The molecular weight excluding hydrogens is 298 g/mol. The quantitative estimate of drug-likeness (QED) is 0.831. The van der Waals surface area contributed by atoms with Crippen LogP contribution in [0.25, 0.3) is 0 Å². The molecule has 5 nitrogen and oxygen atoms in total. The lowest BCUT2D eigenvalue weighted by Crippen LogP contribution is -2.16. The van der Waals surface area contributed by atoms with E-state index >= 15 is 0 Å². The molecule has 2 aromatic rings. The number of hydrogen-bond acceptors (Lipinski definition) is 4. The van der Waals surface area contributed by atoms with Gasteiger partial charge in [-0.25, -0.2) is 9.89 Å². The predicted octanol–water partition coefficient (Wildman–Crippen LogP) is 2.66. The SMILES string of the molecule is Cc1cc(C)c(C(O)CSc2n[nH]c(=O)n2C2CC2)c(C)c1. The number of aryl methyl sites for hydroxylation is 3. The topological polar surface area (TPSA) is 70.9 Å². The number of benzene rings is 1. The highest BCUT2D eigenvalue weighted by atomic mass is 32.2. The highest BCUT2D eigenvalue weighted by Gasteiger charge is 2.29. The second-order valence-corrected chi connectivity index (χ2v) is 7.04. The van der Waals surface area contributed by atoms with Crippen LogP contribution < -0.4 is 5.69 Å². The number of thioether (sulfide) groups is 1. The largest absolute Gasteiger partial charge is 0.388 e. The van der Waals surface area contributed by atoms with Crippen LogP contribution in [0.2, 0.25) is 0 Å². The highest BCUT2D eigenvalue weighted by Crippen LogP contribution is 2.37. The van der Waals surface area contributed by atoms with Gasteiger partial charge in [0.15, 0.2) is 5.16 Å². The van der Waals surface area contributed by atoms with Crippen molar-refractivity contribution >= 4 is 11.8 Å². The number of nitrogens with zero attached hydrogens (tertiary/aromatic N) is 2. The van der Waals surface area contributed by atoms with Crippen LogP contribution in [0.1, 0.15) is 47.2 Å². The van der Waals surface area contributed by atoms with Gasteiger partial charge in [0, 0.05) is 11.8 Å². The third kappa shape index (κ3) is 2.98. The zero-order valence-electron chi connectivity index (χ0n) is 13.1. The maximum absolute atomic E-state index is 11.8. The molecule has 1 unspecified atom stereocenters. The normalized spacial score (nSPS) is 16.0. The zero-order chi connectivity index (χ0) is 15.9. The maximum Gasteiger partial charge on any atom is 0.344 e. The molecule has 0 radical (unpaired) electrons. The first-order valence-corrected chi connectivity index (χ1v) is 8.51. The van der Waals surface area contributed by atoms with E-state index < -0.39 is 6.10 Å². The summed E-state index contributed by atoms with van der Waals surface area (Å²) in [5.74, 6) is 0.488. The number of H-pyrrole nitrogens is 1. The first-order valence-electron chi connectivity index (χ1n) is 7.53. The zero-order valence-corrected chi connectivity index (χ0v) is 13.9. The van der Waals surface area contributed by atoms with E-state index in [9.17, 15) is 9.90 Å². The molecule has 0 saturated heterocycles. The first-order chi connectivity index (χ1) is 10.5. The van der Waals surface area contributed by atoms with Gasteiger partial charge in [0.25, 0.3) is 0 Å². The fraction of sp³-hybridized carbons (Fsp3) is 0.500. The van der Waals surface area contributed by atoms with E-state index in [0.717, 1.165) is 29.5 Å². The van der Waals surface area contributed by atoms with Crippen LogP contribution in [-0.4, -0.2) is 25.6 Å². The summed E-state index contributed by atoms with van der Waals surface area (Å²) in [6.45, 7) is 6.11. The van der Waals surface area contributed by atoms with Gasteiger partial charge in [-0.05, 0) is 50.3 Å². The fourth-order valence-electron chi connectivity index (χ4n) is 3.00. The van der Waals surface area contributed by atoms with Crippen molar-refractivity contribution in [1.29, 1.82) is 0 Å². The molecule has 0 aliphatic heterocycles. The van der Waals surface area contributed by atoms with Gasteiger partial charge >= 0.3 is 5.69 Å². The number of nitrogens with one attached hydrogen (secondary N) is 1. The molecular formula is C16H21N3O2S. The summed E-state index contributed by atoms with van der Waals surface area (Å²) in [5, 5.41) is 17.8. The van der Waals surface area contributed by atoms with Crippen molar-refractivity contribution in [3.05, 3.63) is 44.9 Å². The van der Waals surface area contributed by atoms with Crippen molar-refractivity contribution in [3.63, 3.8) is 0 Å². The first kappa shape index (κ1) is 15.4. The Hall–Kier alpha value is -1.53. The summed E-state index contributed by atoms with van der Waals surface area (Å²) in [6, 6.07) is 4.46. The Morgan fingerprint density at radius 3 is 2.59 bits per heavy atom. The molecule has 6 heteroatoms. The van der Waals surface area contributed by atoms with E-state index in [1.165, 1.54) is 17.3 Å². The van der Waals surface area contributed by atoms with Crippen LogP contribution >= 0.6 is 11.8 Å². The van der Waals surface area contributed by atoms with E-state index in [2.05, 4.69) is 29.3 Å². The van der Waals surface area contributed by atoms with Gasteiger partial charge in [0.1, 0.15) is 0 Å². The number of aromatic amines is 1. The van der Waals surface area contributed by atoms with E-state index in [-0.39, 0.29) is 11.7 Å². The number of aromatic nitrogens is 3. The Bertz CT molecular complexity index is 723. The fourth-order valence-corrected chi connectivity index (χ4v) is 3.96. The van der Waals surface area contributed by atoms with Crippen LogP contribution in [0.4, 0.5) is 0 Å². The summed E-state index contributed by atoms with van der Waals surface area (Å²) < 4.78 is 1.71. The molecule has 1 saturated carbocycles. The molecule has 1 aromatic carbocycles. The number of aliphatic hydroxyl groups is 1. The van der Waals surface area contributed by atoms with Gasteiger partial charge in [-0.1, -0.05) is 29.5 Å². The summed E-state index contributed by atoms with van der Waals surface area (Å²) in [7, 11) is 0. The molecule has 0 bridgehead atoms. The smallest absolute Gasteiger partial charge is 0.344 e. The lowest BCUT2D eigenvalue weighted by atomic mass is 9.96. The standard InChI is InChI=1S/C16H21N3O2S/c1-9-6-10(2)14(11(3)7-9)13(20)8-22-16-18-17-15(21)19(16)12-4-5-12/h6-7,12-13,20H,4-5,8H2,1-3H3,(H,17,21). The highest BCUT2D eigenvalue weighted by molar-refractivity contribution is 7.99. The monoisotopic (exact) mass is 319 g/mol. The Morgan fingerprint density at radius 2 is 2.00 bits per heavy atom. The average molecular weight is 319 g/mol. The van der Waals surface area contributed by atoms with Crippen LogP contribution in [-0.2, 0) is 0 Å². The minimum atomic E-state index is -0.565. The maximum atomic E-state index is 11.8. The van der Waals surface area contributed by atoms with Crippen molar-refractivity contribution in [2.45, 2.75) is 50.9 Å². The third-order valence-electron chi connectivity index (χ3n) is 4.03. The van der Waals surface area contributed by atoms with E-state index in [0.29, 0.717) is 10.9 Å². The lowest BCUT2D eigenvalue weighted by molar-refractivity contribution is 0.202. The van der Waals surface area contributed by atoms with Crippen molar-refractivity contribution in [3.8, 4) is 0 Å². The minimum Gasteiger partial charge on any atom is -0.388 e. The summed E-state index contributed by atoms with van der Waals surface area (Å²) >= 11 is 1.43. The lowest BCUT2D eigenvalue weighted by Gasteiger charge is -2.17. The molecule has 1 aromatic heterocycles. The number of aliphatic hydroxyl groups excluding tert-OH is 1. The van der Waals surface area contributed by atoms with Crippen LogP contribution in [0.5, 0.6) is 0 Å². The molecule has 3 rings (SSSR count). The molecule has 0 spiro atoms. The molecule has 1 atom stereocenters. The Morgan fingerprint density at radius 1 is 1.36 bits per heavy atom. The second-order valence-electron chi connectivity index (χ2n) is 6.05. The van der Waals surface area contributed by atoms with Gasteiger partial charge in [0.05, 0.1) is 6.10 Å². The Kier molecular flexibility index (Phi) is 4.14. The van der Waals surface area contributed by atoms with Gasteiger partial charge < -0.3 is 5.11 Å². The molecule has 1 aliphatic carbocycles. The van der Waals surface area contributed by atoms with Crippen LogP contribution in [0.15, 0.2) is 22.1 Å². The van der Waals surface area contributed by atoms with Gasteiger partial charge in [-0.3, -0.25) is 4.57 Å². The Labute approximate surface area is 133 Å². The van der Waals surface area contributed by atoms with Crippen molar-refractivity contribution < 1.29 is 5.11 Å². The molecule has 118 valence electrons. The second kappa shape index (κ2) is 5.93. The Balaban J connectivity index is 1.76. The molecule has 1 aliphatic rings. The van der Waals surface area contributed by atoms with Crippen molar-refractivity contribution in [2.24, 2.45) is 0 Å². The van der Waals surface area contributed by atoms with Gasteiger partial charge in [-0.2, -0.15) is 0 Å². The van der Waals surface area contributed by atoms with Gasteiger partial charge in [-0.15, -0.1) is 5.10 Å². The number of hydrogen-bond donors (Lipinski definition) is 2. The van der Waals surface area contributed by atoms with E-state index in [4.69, 9.17) is 0 Å². The molecule has 1 fully saturated rings. The third-order valence-corrected chi connectivity index (χ3v) is 5.05. The van der Waals surface area contributed by atoms with E-state index in [1.54, 1.807) is 4.57 Å². The van der Waals surface area contributed by atoms with Crippen LogP contribution in [0, 0.1) is 20.8 Å². The minimum absolute atomic E-state index is 0.151. The predicted molar refractivity (Wildman–Crippen MR) is 87.5 cm³/mol. The van der Waals surface area contributed by atoms with E-state index in [1.807, 2.05) is 13.8 Å². The molecule has 22 heavy (non-hydrogen) atoms. The van der Waals surface area contributed by atoms with Crippen LogP contribution in [0.3, 0.4) is 0 Å². The van der Waals surface area contributed by atoms with Crippen molar-refractivity contribution in [2.75, 3.05) is 5.75 Å². The molecule has 1 heterocycles. The summed E-state index contributed by atoms with van der Waals surface area (Å²) in [6.07, 6.45) is 1.50. The van der Waals surface area contributed by atoms with Gasteiger partial charge in [0.2, 0.25) is 0 Å². The molecule has 0 amide bonds. The van der Waals surface area contributed by atoms with Crippen molar-refractivity contribution in [1.82, 2.24) is 14.8 Å². The summed E-state index contributed by atoms with van der Waals surface area (Å²) in [4.78, 5) is 11.8.